The van der Waals surface area contributed by atoms with Crippen LogP contribution in [0.15, 0.2) is 46.0 Å². The monoisotopic (exact) mass is 715 g/mol. The second-order valence-corrected chi connectivity index (χ2v) is 14.7. The van der Waals surface area contributed by atoms with Crippen LogP contribution in [0.4, 0.5) is 0 Å². The molecule has 4 aliphatic heterocycles. The molecular weight excluding hydrogens is 673 g/mol. The third-order valence-electron chi connectivity index (χ3n) is 10.6. The quantitative estimate of drug-likeness (QED) is 0.302. The number of thiazole rings is 1. The number of methoxy groups -OCH3 is 2. The highest BCUT2D eigenvalue weighted by molar-refractivity contribution is 7.09. The Hall–Kier alpha value is -2.83. The normalized spacial score (nSPS) is 26.4. The summed E-state index contributed by atoms with van der Waals surface area (Å²) in [5, 5.41) is 3.33. The van der Waals surface area contributed by atoms with Crippen molar-refractivity contribution in [1.29, 1.82) is 0 Å². The highest BCUT2D eigenvalue weighted by atomic mass is 35.5. The Labute approximate surface area is 296 Å². The molecule has 0 N–H and O–H groups in total. The minimum Gasteiger partial charge on any atom is -0.468 e. The lowest BCUT2D eigenvalue weighted by Crippen LogP contribution is -2.56. The summed E-state index contributed by atoms with van der Waals surface area (Å²) in [5.41, 5.74) is 1.21. The molecule has 0 saturated carbocycles. The fraction of sp³-hybridized carbons (Fsp3) is 0.571. The van der Waals surface area contributed by atoms with Gasteiger partial charge in [-0.15, -0.1) is 11.3 Å². The molecule has 2 aromatic rings. The molecule has 0 spiro atoms. The highest BCUT2D eigenvalue weighted by Crippen LogP contribution is 2.46. The molecule has 0 aliphatic carbocycles. The molecule has 13 heteroatoms. The number of ether oxygens (including phenoxy) is 2. The van der Waals surface area contributed by atoms with E-state index in [-0.39, 0.29) is 33.6 Å². The van der Waals surface area contributed by atoms with E-state index in [0.29, 0.717) is 55.3 Å². The van der Waals surface area contributed by atoms with Gasteiger partial charge in [-0.05, 0) is 56.3 Å². The Morgan fingerprint density at radius 3 is 2.23 bits per heavy atom. The molecule has 258 valence electrons. The summed E-state index contributed by atoms with van der Waals surface area (Å²) in [4.78, 5) is 57.6. The summed E-state index contributed by atoms with van der Waals surface area (Å²) in [7, 11) is 2.56. The largest absolute Gasteiger partial charge is 0.468 e. The van der Waals surface area contributed by atoms with Crippen molar-refractivity contribution in [3.8, 4) is 0 Å². The van der Waals surface area contributed by atoms with Gasteiger partial charge >= 0.3 is 11.9 Å². The van der Waals surface area contributed by atoms with Crippen molar-refractivity contribution in [2.75, 3.05) is 46.9 Å². The van der Waals surface area contributed by atoms with Crippen LogP contribution < -0.4 is 0 Å². The fourth-order valence-corrected chi connectivity index (χ4v) is 9.58. The Balaban J connectivity index is 1.29. The molecule has 3 fully saturated rings. The van der Waals surface area contributed by atoms with Gasteiger partial charge in [-0.3, -0.25) is 24.4 Å². The van der Waals surface area contributed by atoms with E-state index in [0.717, 1.165) is 24.6 Å². The SMILES string of the molecule is CCN1C2CCC1CC(N1CCN(C(=O)CC3=C(C(=O)OC)C(c4c(Cl)cccc4Cl)C(C(=O)OC)C(CCc4nccs4)=N3)CC1)C2. The number of carbonyl (C=O) groups excluding carboxylic acids is 3. The van der Waals surface area contributed by atoms with Gasteiger partial charge in [0.2, 0.25) is 5.91 Å². The predicted molar refractivity (Wildman–Crippen MR) is 187 cm³/mol. The van der Waals surface area contributed by atoms with Crippen molar-refractivity contribution >= 4 is 58.1 Å². The zero-order valence-electron chi connectivity index (χ0n) is 27.7. The van der Waals surface area contributed by atoms with Crippen LogP contribution in [0.1, 0.15) is 61.9 Å². The molecule has 0 radical (unpaired) electrons. The number of benzene rings is 1. The Morgan fingerprint density at radius 2 is 1.65 bits per heavy atom. The van der Waals surface area contributed by atoms with Crippen LogP contribution in [0, 0.1) is 5.92 Å². The number of hydrogen-bond acceptors (Lipinski definition) is 10. The molecule has 4 unspecified atom stereocenters. The summed E-state index contributed by atoms with van der Waals surface area (Å²) < 4.78 is 10.5. The molecule has 48 heavy (non-hydrogen) atoms. The van der Waals surface area contributed by atoms with Gasteiger partial charge in [-0.25, -0.2) is 9.78 Å². The van der Waals surface area contributed by atoms with Crippen LogP contribution >= 0.6 is 34.5 Å². The molecule has 1 aromatic heterocycles. The standard InChI is InChI=1S/C35H43Cl2N5O5S/c1-4-42-21-8-9-22(42)19-23(18-21)40-13-15-41(16-14-40)29(43)20-27-32(35(45)47-3)33(30-24(36)6-5-7-25(30)37)31(34(44)46-2)26(39-27)10-11-28-38-12-17-48-28/h5-7,12,17,21-23,31,33H,4,8-11,13-16,18-20H2,1-3H3. The summed E-state index contributed by atoms with van der Waals surface area (Å²) in [5.74, 6) is -3.41. The molecule has 1 amide bonds. The maximum absolute atomic E-state index is 14.0. The summed E-state index contributed by atoms with van der Waals surface area (Å²) >= 11 is 15.0. The third-order valence-corrected chi connectivity index (χ3v) is 12.1. The van der Waals surface area contributed by atoms with E-state index in [4.69, 9.17) is 37.7 Å². The van der Waals surface area contributed by atoms with Gasteiger partial charge in [0.1, 0.15) is 5.92 Å². The number of halogens is 2. The molecule has 3 saturated heterocycles. The van der Waals surface area contributed by atoms with E-state index in [1.807, 2.05) is 10.3 Å². The number of piperidine rings is 1. The predicted octanol–water partition coefficient (Wildman–Crippen LogP) is 5.39. The third kappa shape index (κ3) is 7.07. The number of fused-ring (bicyclic) bond motifs is 2. The van der Waals surface area contributed by atoms with E-state index in [1.165, 1.54) is 51.2 Å². The van der Waals surface area contributed by atoms with E-state index >= 15 is 0 Å². The van der Waals surface area contributed by atoms with Gasteiger partial charge in [0.05, 0.1) is 36.9 Å². The first-order valence-corrected chi connectivity index (χ1v) is 18.4. The maximum Gasteiger partial charge on any atom is 0.336 e. The van der Waals surface area contributed by atoms with Crippen LogP contribution in [-0.4, -0.2) is 108 Å². The summed E-state index contributed by atoms with van der Waals surface area (Å²) in [6.45, 7) is 6.22. The lowest BCUT2D eigenvalue weighted by molar-refractivity contribution is -0.143. The Morgan fingerprint density at radius 1 is 0.958 bits per heavy atom. The number of aliphatic imine (C=N–C) groups is 1. The first-order valence-electron chi connectivity index (χ1n) is 16.8. The maximum atomic E-state index is 14.0. The van der Waals surface area contributed by atoms with Gasteiger partial charge in [-0.2, -0.15) is 0 Å². The second-order valence-electron chi connectivity index (χ2n) is 12.9. The molecule has 4 aliphatic rings. The van der Waals surface area contributed by atoms with Crippen molar-refractivity contribution in [2.24, 2.45) is 10.9 Å². The van der Waals surface area contributed by atoms with E-state index in [1.54, 1.807) is 24.4 Å². The van der Waals surface area contributed by atoms with Gasteiger partial charge in [0.15, 0.2) is 0 Å². The minimum atomic E-state index is -1.02. The Bertz CT molecular complexity index is 1540. The van der Waals surface area contributed by atoms with E-state index in [2.05, 4.69) is 21.7 Å². The van der Waals surface area contributed by atoms with E-state index in [9.17, 15) is 14.4 Å². The average Bonchev–Trinajstić information content (AvgIpc) is 3.71. The highest BCUT2D eigenvalue weighted by Gasteiger charge is 2.46. The molecule has 6 rings (SSSR count). The summed E-state index contributed by atoms with van der Waals surface area (Å²) in [6.07, 6.45) is 7.43. The van der Waals surface area contributed by atoms with E-state index < -0.39 is 23.8 Å². The van der Waals surface area contributed by atoms with Crippen LogP contribution in [0.3, 0.4) is 0 Å². The van der Waals surface area contributed by atoms with Crippen molar-refractivity contribution in [3.63, 3.8) is 0 Å². The second kappa shape index (κ2) is 15.4. The Kier molecular flexibility index (Phi) is 11.2. The van der Waals surface area contributed by atoms with Gasteiger partial charge in [0.25, 0.3) is 0 Å². The van der Waals surface area contributed by atoms with Crippen molar-refractivity contribution in [3.05, 3.63) is 61.7 Å². The first-order chi connectivity index (χ1) is 23.2. The van der Waals surface area contributed by atoms with Crippen LogP contribution in [0.25, 0.3) is 0 Å². The number of piperazine rings is 1. The zero-order valence-corrected chi connectivity index (χ0v) is 30.0. The molecule has 10 nitrogen and oxygen atoms in total. The number of esters is 2. The molecule has 5 heterocycles. The molecule has 4 atom stereocenters. The number of hydrogen-bond donors (Lipinski definition) is 0. The zero-order chi connectivity index (χ0) is 33.9. The number of carbonyl (C=O) groups is 3. The minimum absolute atomic E-state index is 0.0889. The topological polar surface area (TPSA) is 105 Å². The number of rotatable bonds is 10. The average molecular weight is 717 g/mol. The van der Waals surface area contributed by atoms with Crippen LogP contribution in [-0.2, 0) is 30.3 Å². The summed E-state index contributed by atoms with van der Waals surface area (Å²) in [6, 6.07) is 6.92. The van der Waals surface area contributed by atoms with Crippen molar-refractivity contribution in [1.82, 2.24) is 19.7 Å². The van der Waals surface area contributed by atoms with Gasteiger partial charge in [0, 0.05) is 84.0 Å². The van der Waals surface area contributed by atoms with Crippen LogP contribution in [0.2, 0.25) is 10.0 Å². The van der Waals surface area contributed by atoms with Gasteiger partial charge < -0.3 is 14.4 Å². The van der Waals surface area contributed by atoms with Crippen LogP contribution in [0.5, 0.6) is 0 Å². The number of nitrogens with zero attached hydrogens (tertiary/aromatic N) is 5. The number of amides is 1. The van der Waals surface area contributed by atoms with Crippen molar-refractivity contribution in [2.45, 2.75) is 75.9 Å². The fourth-order valence-electron chi connectivity index (χ4n) is 8.32. The number of aromatic nitrogens is 1. The molecule has 2 bridgehead atoms. The lowest BCUT2D eigenvalue weighted by Gasteiger charge is -2.45. The number of aryl methyl sites for hydroxylation is 1. The molecular formula is C35H43Cl2N5O5S. The first kappa shape index (κ1) is 35.0. The smallest absolute Gasteiger partial charge is 0.336 e. The van der Waals surface area contributed by atoms with Gasteiger partial charge in [-0.1, -0.05) is 36.2 Å². The lowest BCUT2D eigenvalue weighted by atomic mass is 9.74. The molecule has 1 aromatic carbocycles. The van der Waals surface area contributed by atoms with Crippen molar-refractivity contribution < 1.29 is 23.9 Å².